The molecule has 0 saturated carbocycles. The lowest BCUT2D eigenvalue weighted by Crippen LogP contribution is -2.57. The molecule has 4 unspecified atom stereocenters. The van der Waals surface area contributed by atoms with Gasteiger partial charge in [0.05, 0.1) is 12.5 Å². The van der Waals surface area contributed by atoms with E-state index >= 15 is 0 Å². The van der Waals surface area contributed by atoms with E-state index in [1.54, 1.807) is 6.20 Å². The third-order valence-corrected chi connectivity index (χ3v) is 7.15. The first-order valence-corrected chi connectivity index (χ1v) is 13.7. The van der Waals surface area contributed by atoms with E-state index in [9.17, 15) is 29.1 Å². The number of fused-ring (bicyclic) bond motifs is 1. The van der Waals surface area contributed by atoms with E-state index in [2.05, 4.69) is 15.6 Å². The highest BCUT2D eigenvalue weighted by Gasteiger charge is 2.38. The zero-order valence-electron chi connectivity index (χ0n) is 21.0. The third kappa shape index (κ3) is 7.25. The van der Waals surface area contributed by atoms with Gasteiger partial charge in [0, 0.05) is 30.1 Å². The number of hydrogen-bond acceptors (Lipinski definition) is 7. The molecule has 38 heavy (non-hydrogen) atoms. The summed E-state index contributed by atoms with van der Waals surface area (Å²) < 4.78 is 0. The number of nitrogens with one attached hydrogen (secondary N) is 3. The van der Waals surface area contributed by atoms with Gasteiger partial charge in [-0.1, -0.05) is 18.2 Å². The van der Waals surface area contributed by atoms with Gasteiger partial charge in [-0.2, -0.15) is 11.8 Å². The normalized spacial score (nSPS) is 17.5. The molecule has 3 rings (SSSR count). The molecule has 1 aliphatic rings. The quantitative estimate of drug-likeness (QED) is 0.205. The topological polar surface area (TPSA) is 195 Å². The molecule has 2 heterocycles. The number of carboxylic acid groups (broad SMARTS) is 2. The molecule has 206 valence electrons. The van der Waals surface area contributed by atoms with Gasteiger partial charge in [0.15, 0.2) is 0 Å². The Kier molecular flexibility index (Phi) is 10.1. The molecule has 1 saturated heterocycles. The molecule has 2 aromatic rings. The van der Waals surface area contributed by atoms with Crippen LogP contribution < -0.4 is 16.4 Å². The van der Waals surface area contributed by atoms with E-state index in [1.807, 2.05) is 30.5 Å². The number of carbonyl (C=O) groups excluding carboxylic acids is 3. The summed E-state index contributed by atoms with van der Waals surface area (Å²) in [5, 5.41) is 24.8. The van der Waals surface area contributed by atoms with E-state index < -0.39 is 60.2 Å². The number of rotatable bonds is 13. The number of aromatic nitrogens is 1. The fourth-order valence-corrected chi connectivity index (χ4v) is 5.03. The Morgan fingerprint density at radius 3 is 2.58 bits per heavy atom. The van der Waals surface area contributed by atoms with E-state index in [1.165, 1.54) is 16.7 Å². The Bertz CT molecular complexity index is 1190. The number of nitrogens with two attached hydrogens (primary N) is 1. The number of para-hydroxylation sites is 1. The summed E-state index contributed by atoms with van der Waals surface area (Å²) in [6.07, 6.45) is 4.15. The molecule has 0 spiro atoms. The SMILES string of the molecule is CSCCC(NC(=O)C1CCCN1C(=O)C(N)CC(=O)O)C(=O)NC(Cc1c[nH]c2ccccc12)C(=O)O. The summed E-state index contributed by atoms with van der Waals surface area (Å²) in [6.45, 7) is 0.248. The fourth-order valence-electron chi connectivity index (χ4n) is 4.56. The van der Waals surface area contributed by atoms with E-state index in [4.69, 9.17) is 10.8 Å². The van der Waals surface area contributed by atoms with Crippen LogP contribution in [0.25, 0.3) is 10.9 Å². The molecule has 13 heteroatoms. The van der Waals surface area contributed by atoms with Gasteiger partial charge in [0.2, 0.25) is 17.7 Å². The van der Waals surface area contributed by atoms with Crippen molar-refractivity contribution in [1.29, 1.82) is 0 Å². The summed E-state index contributed by atoms with van der Waals surface area (Å²) in [7, 11) is 0. The predicted molar refractivity (Wildman–Crippen MR) is 141 cm³/mol. The number of amides is 3. The summed E-state index contributed by atoms with van der Waals surface area (Å²) in [6, 6.07) is 3.00. The first-order chi connectivity index (χ1) is 18.1. The Hall–Kier alpha value is -3.58. The summed E-state index contributed by atoms with van der Waals surface area (Å²) >= 11 is 1.46. The maximum atomic E-state index is 13.2. The molecular weight excluding hydrogens is 514 g/mol. The Balaban J connectivity index is 1.70. The number of carboxylic acids is 2. The van der Waals surface area contributed by atoms with E-state index in [-0.39, 0.29) is 19.4 Å². The van der Waals surface area contributed by atoms with Crippen molar-refractivity contribution in [3.63, 3.8) is 0 Å². The average molecular weight is 548 g/mol. The Labute approximate surface area is 223 Å². The van der Waals surface area contributed by atoms with Crippen LogP contribution in [0.4, 0.5) is 0 Å². The van der Waals surface area contributed by atoms with Crippen LogP contribution in [0.15, 0.2) is 30.5 Å². The lowest BCUT2D eigenvalue weighted by Gasteiger charge is -2.28. The molecule has 12 nitrogen and oxygen atoms in total. The zero-order chi connectivity index (χ0) is 27.8. The number of carbonyl (C=O) groups is 5. The molecule has 1 fully saturated rings. The fraction of sp³-hybridized carbons (Fsp3) is 0.480. The summed E-state index contributed by atoms with van der Waals surface area (Å²) in [4.78, 5) is 66.3. The summed E-state index contributed by atoms with van der Waals surface area (Å²) in [5.41, 5.74) is 7.30. The monoisotopic (exact) mass is 547 g/mol. The molecule has 0 radical (unpaired) electrons. The lowest BCUT2D eigenvalue weighted by atomic mass is 10.0. The predicted octanol–water partition coefficient (Wildman–Crippen LogP) is 0.311. The number of thioether (sulfide) groups is 1. The smallest absolute Gasteiger partial charge is 0.326 e. The maximum absolute atomic E-state index is 13.2. The standard InChI is InChI=1S/C25H33N5O7S/c1-38-10-8-18(28-23(34)20-7-4-9-30(20)24(35)16(26)12-21(31)32)22(33)29-19(25(36)37)11-14-13-27-17-6-3-2-5-15(14)17/h2-3,5-6,13,16,18-20,27H,4,7-12,26H2,1H3,(H,28,34)(H,29,33)(H,31,32)(H,36,37). The van der Waals surface area contributed by atoms with Crippen molar-refractivity contribution in [2.45, 2.75) is 56.3 Å². The van der Waals surface area contributed by atoms with Crippen LogP contribution in [-0.4, -0.2) is 92.5 Å². The number of benzene rings is 1. The third-order valence-electron chi connectivity index (χ3n) is 6.51. The van der Waals surface area contributed by atoms with Crippen molar-refractivity contribution < 1.29 is 34.2 Å². The van der Waals surface area contributed by atoms with Crippen LogP contribution >= 0.6 is 11.8 Å². The van der Waals surface area contributed by atoms with E-state index in [0.717, 1.165) is 16.5 Å². The second-order valence-corrected chi connectivity index (χ2v) is 10.2. The Morgan fingerprint density at radius 1 is 1.16 bits per heavy atom. The van der Waals surface area contributed by atoms with Gasteiger partial charge in [-0.3, -0.25) is 19.2 Å². The van der Waals surface area contributed by atoms with Gasteiger partial charge in [-0.05, 0) is 42.9 Å². The van der Waals surface area contributed by atoms with Crippen LogP contribution in [0.3, 0.4) is 0 Å². The first-order valence-electron chi connectivity index (χ1n) is 12.3. The van der Waals surface area contributed by atoms with Crippen LogP contribution in [0.2, 0.25) is 0 Å². The minimum Gasteiger partial charge on any atom is -0.481 e. The average Bonchev–Trinajstić information content (AvgIpc) is 3.52. The van der Waals surface area contributed by atoms with Gasteiger partial charge < -0.3 is 36.5 Å². The number of H-pyrrole nitrogens is 1. The first kappa shape index (κ1) is 29.0. The molecule has 1 aliphatic heterocycles. The molecular formula is C25H33N5O7S. The minimum atomic E-state index is -1.28. The molecule has 1 aromatic heterocycles. The lowest BCUT2D eigenvalue weighted by molar-refractivity contribution is -0.144. The number of aromatic amines is 1. The zero-order valence-corrected chi connectivity index (χ0v) is 21.8. The van der Waals surface area contributed by atoms with Gasteiger partial charge in [0.25, 0.3) is 0 Å². The number of likely N-dealkylation sites (tertiary alicyclic amines) is 1. The van der Waals surface area contributed by atoms with Gasteiger partial charge in [-0.15, -0.1) is 0 Å². The second-order valence-electron chi connectivity index (χ2n) is 9.20. The second kappa shape index (κ2) is 13.3. The number of hydrogen-bond donors (Lipinski definition) is 6. The van der Waals surface area contributed by atoms with Crippen molar-refractivity contribution >= 4 is 52.3 Å². The summed E-state index contributed by atoms with van der Waals surface area (Å²) in [5.74, 6) is -3.75. The largest absolute Gasteiger partial charge is 0.481 e. The maximum Gasteiger partial charge on any atom is 0.326 e. The molecule has 0 bridgehead atoms. The molecule has 4 atom stereocenters. The van der Waals surface area contributed by atoms with Gasteiger partial charge in [-0.25, -0.2) is 4.79 Å². The van der Waals surface area contributed by atoms with Crippen molar-refractivity contribution in [3.8, 4) is 0 Å². The number of nitrogens with zero attached hydrogens (tertiary/aromatic N) is 1. The molecule has 0 aliphatic carbocycles. The highest BCUT2D eigenvalue weighted by atomic mass is 32.2. The molecule has 7 N–H and O–H groups in total. The van der Waals surface area contributed by atoms with Crippen molar-refractivity contribution in [2.75, 3.05) is 18.6 Å². The van der Waals surface area contributed by atoms with Crippen LogP contribution in [0.1, 0.15) is 31.2 Å². The van der Waals surface area contributed by atoms with Crippen molar-refractivity contribution in [2.24, 2.45) is 5.73 Å². The highest BCUT2D eigenvalue weighted by molar-refractivity contribution is 7.98. The van der Waals surface area contributed by atoms with Crippen LogP contribution in [0.5, 0.6) is 0 Å². The Morgan fingerprint density at radius 2 is 1.89 bits per heavy atom. The van der Waals surface area contributed by atoms with Crippen LogP contribution in [-0.2, 0) is 30.4 Å². The van der Waals surface area contributed by atoms with Crippen molar-refractivity contribution in [1.82, 2.24) is 20.5 Å². The molecule has 3 amide bonds. The number of aliphatic carboxylic acids is 2. The van der Waals surface area contributed by atoms with Crippen molar-refractivity contribution in [3.05, 3.63) is 36.0 Å². The van der Waals surface area contributed by atoms with Crippen LogP contribution in [0, 0.1) is 0 Å². The van der Waals surface area contributed by atoms with Gasteiger partial charge >= 0.3 is 11.9 Å². The van der Waals surface area contributed by atoms with E-state index in [0.29, 0.717) is 18.6 Å². The minimum absolute atomic E-state index is 0.0423. The van der Waals surface area contributed by atoms with Gasteiger partial charge in [0.1, 0.15) is 18.1 Å². The molecule has 1 aromatic carbocycles. The highest BCUT2D eigenvalue weighted by Crippen LogP contribution is 2.21.